The minimum absolute atomic E-state index is 0.237. The summed E-state index contributed by atoms with van der Waals surface area (Å²) in [6, 6.07) is -4.39. The van der Waals surface area contributed by atoms with Gasteiger partial charge >= 0.3 is 5.97 Å². The number of carbonyl (C=O) groups excluding carboxylic acids is 4. The van der Waals surface area contributed by atoms with Crippen molar-refractivity contribution in [2.24, 2.45) is 23.1 Å². The summed E-state index contributed by atoms with van der Waals surface area (Å²) < 4.78 is 0. The Morgan fingerprint density at radius 1 is 0.900 bits per heavy atom. The maximum absolute atomic E-state index is 12.6. The van der Waals surface area contributed by atoms with Gasteiger partial charge < -0.3 is 38.3 Å². The van der Waals surface area contributed by atoms with Gasteiger partial charge in [0.15, 0.2) is 0 Å². The molecule has 0 rings (SSSR count). The smallest absolute Gasteiger partial charge is 0.326 e. The number of hydrogen-bond acceptors (Lipinski definition) is 7. The molecule has 12 heteroatoms. The lowest BCUT2D eigenvalue weighted by Gasteiger charge is -2.25. The topological polar surface area (TPSA) is 220 Å². The number of aliphatic carboxylic acids is 1. The molecule has 0 bridgehead atoms. The normalized spacial score (nSPS) is 14.9. The Bertz CT molecular complexity index is 626. The van der Waals surface area contributed by atoms with Gasteiger partial charge in [-0.15, -0.1) is 0 Å². The molecule has 4 amide bonds. The Hall–Kier alpha value is -2.73. The number of rotatable bonds is 14. The lowest BCUT2D eigenvalue weighted by molar-refractivity contribution is -0.143. The molecule has 0 aliphatic heterocycles. The number of nitrogens with one attached hydrogen (secondary N) is 3. The van der Waals surface area contributed by atoms with Gasteiger partial charge in [0, 0.05) is 0 Å². The van der Waals surface area contributed by atoms with Crippen LogP contribution in [0.2, 0.25) is 0 Å². The van der Waals surface area contributed by atoms with Crippen LogP contribution in [-0.4, -0.2) is 65.4 Å². The second-order valence-electron chi connectivity index (χ2n) is 7.42. The van der Waals surface area contributed by atoms with Crippen LogP contribution >= 0.6 is 0 Å². The van der Waals surface area contributed by atoms with Crippen LogP contribution < -0.4 is 33.2 Å². The van der Waals surface area contributed by atoms with Gasteiger partial charge in [-0.25, -0.2) is 4.79 Å². The van der Waals surface area contributed by atoms with Crippen molar-refractivity contribution in [2.75, 3.05) is 6.54 Å². The van der Waals surface area contributed by atoms with Gasteiger partial charge in [-0.3, -0.25) is 19.2 Å². The summed E-state index contributed by atoms with van der Waals surface area (Å²) in [6.07, 6.45) is 0.996. The maximum atomic E-state index is 12.6. The Labute approximate surface area is 175 Å². The van der Waals surface area contributed by atoms with Crippen LogP contribution in [-0.2, 0) is 24.0 Å². The third kappa shape index (κ3) is 10.2. The van der Waals surface area contributed by atoms with E-state index in [0.29, 0.717) is 19.4 Å². The van der Waals surface area contributed by atoms with E-state index < -0.39 is 53.8 Å². The first-order valence-corrected chi connectivity index (χ1v) is 9.78. The molecule has 0 aromatic carbocycles. The van der Waals surface area contributed by atoms with E-state index in [-0.39, 0.29) is 18.8 Å². The second kappa shape index (κ2) is 13.5. The average Bonchev–Trinajstić information content (AvgIpc) is 2.63. The van der Waals surface area contributed by atoms with Crippen LogP contribution in [0.1, 0.15) is 46.5 Å². The van der Waals surface area contributed by atoms with Crippen molar-refractivity contribution >= 4 is 29.6 Å². The summed E-state index contributed by atoms with van der Waals surface area (Å²) >= 11 is 0. The Kier molecular flexibility index (Phi) is 12.3. The Morgan fingerprint density at radius 2 is 1.50 bits per heavy atom. The molecular formula is C18H34N6O6. The van der Waals surface area contributed by atoms with Crippen LogP contribution in [0.25, 0.3) is 0 Å². The lowest BCUT2D eigenvalue weighted by Crippen LogP contribution is -2.57. The number of hydrogen-bond donors (Lipinski definition) is 7. The molecule has 0 aromatic rings. The Balaban J connectivity index is 5.10. The fourth-order valence-electron chi connectivity index (χ4n) is 2.52. The van der Waals surface area contributed by atoms with Crippen LogP contribution in [0, 0.1) is 5.92 Å². The molecule has 0 fully saturated rings. The molecule has 0 aliphatic rings. The third-order valence-corrected chi connectivity index (χ3v) is 4.32. The van der Waals surface area contributed by atoms with Crippen molar-refractivity contribution in [1.29, 1.82) is 0 Å². The summed E-state index contributed by atoms with van der Waals surface area (Å²) in [5.74, 6) is -4.37. The van der Waals surface area contributed by atoms with E-state index in [4.69, 9.17) is 17.2 Å². The molecule has 4 atom stereocenters. The molecule has 0 radical (unpaired) electrons. The monoisotopic (exact) mass is 430 g/mol. The highest BCUT2D eigenvalue weighted by Gasteiger charge is 2.30. The van der Waals surface area contributed by atoms with Gasteiger partial charge in [0.05, 0.1) is 12.5 Å². The summed E-state index contributed by atoms with van der Waals surface area (Å²) in [6.45, 7) is 5.07. The highest BCUT2D eigenvalue weighted by molar-refractivity contribution is 5.94. The number of nitrogens with two attached hydrogens (primary N) is 3. The largest absolute Gasteiger partial charge is 0.480 e. The van der Waals surface area contributed by atoms with Crippen molar-refractivity contribution in [3.8, 4) is 0 Å². The van der Waals surface area contributed by atoms with Gasteiger partial charge in [-0.05, 0) is 38.6 Å². The molecule has 30 heavy (non-hydrogen) atoms. The predicted octanol–water partition coefficient (Wildman–Crippen LogP) is -2.47. The molecule has 10 N–H and O–H groups in total. The quantitative estimate of drug-likeness (QED) is 0.146. The van der Waals surface area contributed by atoms with E-state index in [9.17, 15) is 29.1 Å². The first-order valence-electron chi connectivity index (χ1n) is 9.78. The predicted molar refractivity (Wildman–Crippen MR) is 109 cm³/mol. The van der Waals surface area contributed by atoms with Crippen LogP contribution in [0.4, 0.5) is 0 Å². The minimum atomic E-state index is -1.20. The van der Waals surface area contributed by atoms with Crippen LogP contribution in [0.15, 0.2) is 0 Å². The Morgan fingerprint density at radius 3 is 1.97 bits per heavy atom. The summed E-state index contributed by atoms with van der Waals surface area (Å²) in [7, 11) is 0. The number of unbranched alkanes of at least 4 members (excludes halogenated alkanes) is 1. The van der Waals surface area contributed by atoms with Crippen molar-refractivity contribution in [1.82, 2.24) is 16.0 Å². The lowest BCUT2D eigenvalue weighted by atomic mass is 10.0. The SMILES string of the molecule is CC(NC(=O)C(N)CC(N)=O)C(=O)NC(CCCCN)C(=O)NC(C(=O)O)C(C)C. The molecule has 12 nitrogen and oxygen atoms in total. The zero-order valence-electron chi connectivity index (χ0n) is 17.6. The number of primary amides is 1. The van der Waals surface area contributed by atoms with Gasteiger partial charge in [0.25, 0.3) is 0 Å². The van der Waals surface area contributed by atoms with E-state index in [1.807, 2.05) is 0 Å². The highest BCUT2D eigenvalue weighted by atomic mass is 16.4. The van der Waals surface area contributed by atoms with E-state index in [0.717, 1.165) is 0 Å². The fourth-order valence-corrected chi connectivity index (χ4v) is 2.52. The van der Waals surface area contributed by atoms with Crippen LogP contribution in [0.5, 0.6) is 0 Å². The van der Waals surface area contributed by atoms with Crippen LogP contribution in [0.3, 0.4) is 0 Å². The minimum Gasteiger partial charge on any atom is -0.480 e. The third-order valence-electron chi connectivity index (χ3n) is 4.32. The molecular weight excluding hydrogens is 396 g/mol. The molecule has 0 aromatic heterocycles. The zero-order valence-corrected chi connectivity index (χ0v) is 17.6. The van der Waals surface area contributed by atoms with Crippen molar-refractivity contribution in [3.05, 3.63) is 0 Å². The van der Waals surface area contributed by atoms with Gasteiger partial charge in [-0.2, -0.15) is 0 Å². The summed E-state index contributed by atoms with van der Waals surface area (Å²) in [5, 5.41) is 16.5. The molecule has 0 saturated heterocycles. The van der Waals surface area contributed by atoms with Gasteiger partial charge in [-0.1, -0.05) is 13.8 Å². The van der Waals surface area contributed by atoms with E-state index in [1.54, 1.807) is 13.8 Å². The van der Waals surface area contributed by atoms with Crippen molar-refractivity contribution in [3.63, 3.8) is 0 Å². The first-order chi connectivity index (χ1) is 13.9. The van der Waals surface area contributed by atoms with Crippen molar-refractivity contribution in [2.45, 2.75) is 70.6 Å². The molecule has 172 valence electrons. The second-order valence-corrected chi connectivity index (χ2v) is 7.42. The number of carbonyl (C=O) groups is 5. The van der Waals surface area contributed by atoms with Gasteiger partial charge in [0.2, 0.25) is 23.6 Å². The van der Waals surface area contributed by atoms with E-state index in [2.05, 4.69) is 16.0 Å². The van der Waals surface area contributed by atoms with Crippen molar-refractivity contribution < 1.29 is 29.1 Å². The number of amides is 4. The number of carboxylic acids is 1. The molecule has 4 unspecified atom stereocenters. The molecule has 0 aliphatic carbocycles. The molecule has 0 saturated carbocycles. The van der Waals surface area contributed by atoms with E-state index in [1.165, 1.54) is 6.92 Å². The zero-order chi connectivity index (χ0) is 23.4. The van der Waals surface area contributed by atoms with Gasteiger partial charge in [0.1, 0.15) is 18.1 Å². The standard InChI is InChI=1S/C18H34N6O6/c1-9(2)14(18(29)30)24-17(28)12(6-4-5-7-19)23-15(26)10(3)22-16(27)11(20)8-13(21)25/h9-12,14H,4-8,19-20H2,1-3H3,(H2,21,25)(H,22,27)(H,23,26)(H,24,28)(H,29,30). The molecule has 0 heterocycles. The van der Waals surface area contributed by atoms with E-state index >= 15 is 0 Å². The molecule has 0 spiro atoms. The number of carboxylic acid groups (broad SMARTS) is 1. The first kappa shape index (κ1) is 27.3. The summed E-state index contributed by atoms with van der Waals surface area (Å²) in [4.78, 5) is 59.2. The highest BCUT2D eigenvalue weighted by Crippen LogP contribution is 2.06. The average molecular weight is 431 g/mol. The fraction of sp³-hybridized carbons (Fsp3) is 0.722. The maximum Gasteiger partial charge on any atom is 0.326 e. The summed E-state index contributed by atoms with van der Waals surface area (Å²) in [5.41, 5.74) is 16.0.